The number of halogens is 2. The molecule has 0 atom stereocenters. The zero-order chi connectivity index (χ0) is 21.2. The van der Waals surface area contributed by atoms with E-state index in [-0.39, 0.29) is 10.8 Å². The highest BCUT2D eigenvalue weighted by atomic mass is 35.5. The Bertz CT molecular complexity index is 972. The maximum Gasteiger partial charge on any atom is 0.246 e. The zero-order valence-corrected chi connectivity index (χ0v) is 19.2. The van der Waals surface area contributed by atoms with E-state index in [2.05, 4.69) is 4.90 Å². The average Bonchev–Trinajstić information content (AvgIpc) is 2.70. The summed E-state index contributed by atoms with van der Waals surface area (Å²) in [4.78, 5) is 2.30. The van der Waals surface area contributed by atoms with Crippen LogP contribution in [0.15, 0.2) is 41.3 Å². The van der Waals surface area contributed by atoms with Gasteiger partial charge in [-0.1, -0.05) is 49.2 Å². The minimum Gasteiger partial charge on any atom is -0.492 e. The van der Waals surface area contributed by atoms with E-state index < -0.39 is 10.0 Å². The van der Waals surface area contributed by atoms with Crippen LogP contribution in [-0.2, 0) is 10.0 Å². The van der Waals surface area contributed by atoms with Crippen molar-refractivity contribution in [1.29, 1.82) is 0 Å². The van der Waals surface area contributed by atoms with Crippen LogP contribution in [0.4, 0.5) is 5.69 Å². The first-order valence-corrected chi connectivity index (χ1v) is 11.9. The molecule has 1 fully saturated rings. The van der Waals surface area contributed by atoms with Gasteiger partial charge in [0, 0.05) is 26.2 Å². The molecule has 0 spiro atoms. The fourth-order valence-electron chi connectivity index (χ4n) is 3.41. The lowest BCUT2D eigenvalue weighted by Gasteiger charge is -2.36. The summed E-state index contributed by atoms with van der Waals surface area (Å²) in [6.07, 6.45) is 0. The van der Waals surface area contributed by atoms with Crippen molar-refractivity contribution in [2.24, 2.45) is 0 Å². The van der Waals surface area contributed by atoms with Gasteiger partial charge in [0.05, 0.1) is 22.3 Å². The van der Waals surface area contributed by atoms with Crippen LogP contribution < -0.4 is 9.64 Å². The monoisotopic (exact) mass is 456 g/mol. The minimum atomic E-state index is -3.67. The van der Waals surface area contributed by atoms with E-state index in [1.165, 1.54) is 4.31 Å². The molecule has 1 heterocycles. The Morgan fingerprint density at radius 1 is 1.07 bits per heavy atom. The van der Waals surface area contributed by atoms with Gasteiger partial charge in [-0.2, -0.15) is 4.31 Å². The molecule has 1 aliphatic heterocycles. The van der Waals surface area contributed by atoms with Crippen molar-refractivity contribution >= 4 is 38.9 Å². The molecular weight excluding hydrogens is 431 g/mol. The summed E-state index contributed by atoms with van der Waals surface area (Å²) in [6.45, 7) is 8.13. The van der Waals surface area contributed by atoms with Gasteiger partial charge in [0.25, 0.3) is 0 Å². The SMILES string of the molecule is CCOc1ccc(C(C)C)cc1S(=O)(=O)N1CCN(c2cccc(Cl)c2Cl)CC1. The molecule has 8 heteroatoms. The maximum atomic E-state index is 13.4. The molecule has 0 amide bonds. The Morgan fingerprint density at radius 2 is 1.76 bits per heavy atom. The molecule has 5 nitrogen and oxygen atoms in total. The molecule has 2 aromatic rings. The van der Waals surface area contributed by atoms with E-state index in [9.17, 15) is 8.42 Å². The number of sulfonamides is 1. The number of rotatable bonds is 6. The number of ether oxygens (including phenoxy) is 1. The lowest BCUT2D eigenvalue weighted by Crippen LogP contribution is -2.48. The van der Waals surface area contributed by atoms with Crippen LogP contribution in [0.25, 0.3) is 0 Å². The van der Waals surface area contributed by atoms with Gasteiger partial charge in [0.2, 0.25) is 10.0 Å². The molecule has 0 saturated carbocycles. The molecule has 0 N–H and O–H groups in total. The van der Waals surface area contributed by atoms with Crippen molar-refractivity contribution in [3.05, 3.63) is 52.0 Å². The number of hydrogen-bond acceptors (Lipinski definition) is 4. The summed E-state index contributed by atoms with van der Waals surface area (Å²) in [6, 6.07) is 10.9. The van der Waals surface area contributed by atoms with Crippen molar-refractivity contribution in [3.8, 4) is 5.75 Å². The Labute approximate surface area is 183 Å². The third-order valence-electron chi connectivity index (χ3n) is 5.06. The van der Waals surface area contributed by atoms with Gasteiger partial charge in [-0.25, -0.2) is 8.42 Å². The topological polar surface area (TPSA) is 49.9 Å². The first-order chi connectivity index (χ1) is 13.8. The summed E-state index contributed by atoms with van der Waals surface area (Å²) < 4.78 is 33.9. The van der Waals surface area contributed by atoms with Crippen molar-refractivity contribution < 1.29 is 13.2 Å². The van der Waals surface area contributed by atoms with Crippen LogP contribution in [-0.4, -0.2) is 45.5 Å². The molecule has 0 unspecified atom stereocenters. The molecule has 29 heavy (non-hydrogen) atoms. The van der Waals surface area contributed by atoms with E-state index in [4.69, 9.17) is 27.9 Å². The van der Waals surface area contributed by atoms with E-state index in [0.29, 0.717) is 48.6 Å². The van der Waals surface area contributed by atoms with E-state index >= 15 is 0 Å². The minimum absolute atomic E-state index is 0.224. The quantitative estimate of drug-likeness (QED) is 0.611. The molecule has 0 bridgehead atoms. The highest BCUT2D eigenvalue weighted by Gasteiger charge is 2.32. The number of hydrogen-bond donors (Lipinski definition) is 0. The lowest BCUT2D eigenvalue weighted by atomic mass is 10.0. The standard InChI is InChI=1S/C21H26Cl2N2O3S/c1-4-28-19-9-8-16(15(2)3)14-20(19)29(26,27)25-12-10-24(11-13-25)18-7-5-6-17(22)21(18)23/h5-9,14-15H,4,10-13H2,1-3H3. The summed E-state index contributed by atoms with van der Waals surface area (Å²) >= 11 is 12.5. The Kier molecular flexibility index (Phi) is 6.99. The molecule has 158 valence electrons. The summed E-state index contributed by atoms with van der Waals surface area (Å²) in [5.74, 6) is 0.624. The van der Waals surface area contributed by atoms with Crippen LogP contribution in [0.2, 0.25) is 10.0 Å². The van der Waals surface area contributed by atoms with Crippen LogP contribution in [0.3, 0.4) is 0 Å². The van der Waals surface area contributed by atoms with Crippen molar-refractivity contribution in [2.75, 3.05) is 37.7 Å². The fourth-order valence-corrected chi connectivity index (χ4v) is 5.41. The van der Waals surface area contributed by atoms with Crippen molar-refractivity contribution in [3.63, 3.8) is 0 Å². The molecule has 0 aliphatic carbocycles. The molecule has 0 radical (unpaired) electrons. The second-order valence-electron chi connectivity index (χ2n) is 7.26. The van der Waals surface area contributed by atoms with Crippen LogP contribution >= 0.6 is 23.2 Å². The highest BCUT2D eigenvalue weighted by molar-refractivity contribution is 7.89. The van der Waals surface area contributed by atoms with Crippen molar-refractivity contribution in [2.45, 2.75) is 31.6 Å². The Hall–Kier alpha value is -1.47. The second-order valence-corrected chi connectivity index (χ2v) is 9.95. The Morgan fingerprint density at radius 3 is 2.38 bits per heavy atom. The summed E-state index contributed by atoms with van der Waals surface area (Å²) in [5.41, 5.74) is 1.80. The largest absolute Gasteiger partial charge is 0.492 e. The Balaban J connectivity index is 1.85. The third-order valence-corrected chi connectivity index (χ3v) is 7.79. The van der Waals surface area contributed by atoms with E-state index in [1.807, 2.05) is 39.0 Å². The van der Waals surface area contributed by atoms with Gasteiger partial charge in [-0.05, 0) is 42.7 Å². The first-order valence-electron chi connectivity index (χ1n) is 9.71. The van der Waals surface area contributed by atoms with Gasteiger partial charge >= 0.3 is 0 Å². The molecule has 1 aliphatic rings. The smallest absolute Gasteiger partial charge is 0.246 e. The third kappa shape index (κ3) is 4.66. The second kappa shape index (κ2) is 9.13. The maximum absolute atomic E-state index is 13.4. The number of nitrogens with zero attached hydrogens (tertiary/aromatic N) is 2. The summed E-state index contributed by atoms with van der Waals surface area (Å²) in [7, 11) is -3.67. The van der Waals surface area contributed by atoms with Crippen molar-refractivity contribution in [1.82, 2.24) is 4.31 Å². The molecule has 0 aromatic heterocycles. The zero-order valence-electron chi connectivity index (χ0n) is 16.9. The van der Waals surface area contributed by atoms with Gasteiger partial charge < -0.3 is 9.64 Å². The highest BCUT2D eigenvalue weighted by Crippen LogP contribution is 2.34. The van der Waals surface area contributed by atoms with E-state index in [0.717, 1.165) is 11.3 Å². The molecule has 1 saturated heterocycles. The first kappa shape index (κ1) is 22.2. The molecule has 2 aromatic carbocycles. The van der Waals surface area contributed by atoms with Gasteiger partial charge in [0.15, 0.2) is 0 Å². The van der Waals surface area contributed by atoms with Gasteiger partial charge in [-0.15, -0.1) is 0 Å². The van der Waals surface area contributed by atoms with Crippen LogP contribution in [0.1, 0.15) is 32.3 Å². The number of piperazine rings is 1. The van der Waals surface area contributed by atoms with Gasteiger partial charge in [-0.3, -0.25) is 0 Å². The van der Waals surface area contributed by atoms with Crippen LogP contribution in [0, 0.1) is 0 Å². The number of anilines is 1. The van der Waals surface area contributed by atoms with E-state index in [1.54, 1.807) is 18.2 Å². The summed E-state index contributed by atoms with van der Waals surface area (Å²) in [5, 5.41) is 0.986. The normalized spacial score (nSPS) is 15.7. The average molecular weight is 457 g/mol. The molecule has 3 rings (SSSR count). The lowest BCUT2D eigenvalue weighted by molar-refractivity contribution is 0.327. The fraction of sp³-hybridized carbons (Fsp3) is 0.429. The molecular formula is C21H26Cl2N2O3S. The predicted octanol–water partition coefficient (Wildman–Crippen LogP) is 5.03. The van der Waals surface area contributed by atoms with Crippen LogP contribution in [0.5, 0.6) is 5.75 Å². The predicted molar refractivity (Wildman–Crippen MR) is 119 cm³/mol. The van der Waals surface area contributed by atoms with Gasteiger partial charge in [0.1, 0.15) is 10.6 Å². The number of benzene rings is 2.